The summed E-state index contributed by atoms with van der Waals surface area (Å²) in [6, 6.07) is 0. The molecule has 0 aliphatic heterocycles. The summed E-state index contributed by atoms with van der Waals surface area (Å²) in [5.74, 6) is -0.720. The Morgan fingerprint density at radius 1 is 1.50 bits per heavy atom. The third-order valence-corrected chi connectivity index (χ3v) is 2.93. The van der Waals surface area contributed by atoms with Crippen LogP contribution in [-0.2, 0) is 20.8 Å². The van der Waals surface area contributed by atoms with Gasteiger partial charge in [-0.05, 0) is 14.0 Å². The van der Waals surface area contributed by atoms with Crippen molar-refractivity contribution in [1.29, 1.82) is 0 Å². The molecule has 0 unspecified atom stereocenters. The lowest BCUT2D eigenvalue weighted by atomic mass is 10.4. The third kappa shape index (κ3) is 4.42. The number of carbonyl (C=O) groups is 2. The Morgan fingerprint density at radius 2 is 2.22 bits per heavy atom. The Balaban J connectivity index is 2.53. The van der Waals surface area contributed by atoms with Gasteiger partial charge in [0.1, 0.15) is 0 Å². The van der Waals surface area contributed by atoms with E-state index in [2.05, 4.69) is 9.72 Å². The van der Waals surface area contributed by atoms with Crippen molar-refractivity contribution in [3.05, 3.63) is 16.1 Å². The van der Waals surface area contributed by atoms with Crippen molar-refractivity contribution >= 4 is 23.3 Å². The fourth-order valence-corrected chi connectivity index (χ4v) is 1.98. The molecule has 1 aromatic heterocycles. The van der Waals surface area contributed by atoms with Gasteiger partial charge in [0.25, 0.3) is 0 Å². The molecule has 0 saturated carbocycles. The Kier molecular flexibility index (Phi) is 5.73. The maximum Gasteiger partial charge on any atom is 0.367 e. The SMILES string of the molecule is CCOC(=O)c1nc(CN(C)CC(=O)OC)cs1. The van der Waals surface area contributed by atoms with Crippen LogP contribution in [0.15, 0.2) is 5.38 Å². The Morgan fingerprint density at radius 3 is 2.83 bits per heavy atom. The first-order valence-electron chi connectivity index (χ1n) is 5.43. The molecule has 1 rings (SSSR count). The van der Waals surface area contributed by atoms with Crippen LogP contribution >= 0.6 is 11.3 Å². The molecular formula is C11H16N2O4S. The zero-order chi connectivity index (χ0) is 13.5. The highest BCUT2D eigenvalue weighted by Crippen LogP contribution is 2.12. The van der Waals surface area contributed by atoms with Crippen LogP contribution in [-0.4, -0.2) is 49.1 Å². The van der Waals surface area contributed by atoms with Crippen molar-refractivity contribution in [3.63, 3.8) is 0 Å². The van der Waals surface area contributed by atoms with E-state index < -0.39 is 5.97 Å². The first kappa shape index (κ1) is 14.6. The number of rotatable bonds is 6. The summed E-state index contributed by atoms with van der Waals surface area (Å²) >= 11 is 1.24. The fourth-order valence-electron chi connectivity index (χ4n) is 1.28. The van der Waals surface area contributed by atoms with E-state index in [4.69, 9.17) is 4.74 Å². The van der Waals surface area contributed by atoms with Gasteiger partial charge in [0, 0.05) is 11.9 Å². The van der Waals surface area contributed by atoms with Gasteiger partial charge in [-0.25, -0.2) is 9.78 Å². The highest BCUT2D eigenvalue weighted by molar-refractivity contribution is 7.11. The van der Waals surface area contributed by atoms with Gasteiger partial charge in [-0.15, -0.1) is 11.3 Å². The maximum absolute atomic E-state index is 11.4. The molecule has 1 aromatic rings. The number of esters is 2. The second kappa shape index (κ2) is 7.07. The van der Waals surface area contributed by atoms with Gasteiger partial charge in [0.15, 0.2) is 0 Å². The second-order valence-corrected chi connectivity index (χ2v) is 4.47. The van der Waals surface area contributed by atoms with E-state index >= 15 is 0 Å². The molecule has 0 atom stereocenters. The van der Waals surface area contributed by atoms with Gasteiger partial charge in [-0.1, -0.05) is 0 Å². The van der Waals surface area contributed by atoms with Crippen LogP contribution in [0.5, 0.6) is 0 Å². The van der Waals surface area contributed by atoms with Crippen LogP contribution in [0.3, 0.4) is 0 Å². The monoisotopic (exact) mass is 272 g/mol. The molecule has 1 heterocycles. The summed E-state index contributed by atoms with van der Waals surface area (Å²) in [6.45, 7) is 2.74. The van der Waals surface area contributed by atoms with Gasteiger partial charge in [0.2, 0.25) is 5.01 Å². The number of methoxy groups -OCH3 is 1. The summed E-state index contributed by atoms with van der Waals surface area (Å²) in [4.78, 5) is 28.4. The number of thiazole rings is 1. The highest BCUT2D eigenvalue weighted by atomic mass is 32.1. The summed E-state index contributed by atoms with van der Waals surface area (Å²) in [6.07, 6.45) is 0. The van der Waals surface area contributed by atoms with Crippen LogP contribution in [0.2, 0.25) is 0 Å². The zero-order valence-electron chi connectivity index (χ0n) is 10.6. The summed E-state index contributed by atoms with van der Waals surface area (Å²) < 4.78 is 9.41. The molecular weight excluding hydrogens is 256 g/mol. The fraction of sp³-hybridized carbons (Fsp3) is 0.545. The number of ether oxygens (including phenoxy) is 2. The number of likely N-dealkylation sites (N-methyl/N-ethyl adjacent to an activating group) is 1. The molecule has 0 aromatic carbocycles. The topological polar surface area (TPSA) is 68.7 Å². The van der Waals surface area contributed by atoms with Crippen molar-refractivity contribution in [3.8, 4) is 0 Å². The molecule has 0 bridgehead atoms. The number of hydrogen-bond donors (Lipinski definition) is 0. The van der Waals surface area contributed by atoms with Gasteiger partial charge in [0.05, 0.1) is 26.0 Å². The maximum atomic E-state index is 11.4. The second-order valence-electron chi connectivity index (χ2n) is 3.61. The highest BCUT2D eigenvalue weighted by Gasteiger charge is 2.14. The van der Waals surface area contributed by atoms with Crippen molar-refractivity contribution in [1.82, 2.24) is 9.88 Å². The van der Waals surface area contributed by atoms with Crippen LogP contribution < -0.4 is 0 Å². The van der Waals surface area contributed by atoms with Gasteiger partial charge < -0.3 is 9.47 Å². The van der Waals surface area contributed by atoms with E-state index in [0.717, 1.165) is 5.69 Å². The smallest absolute Gasteiger partial charge is 0.367 e. The lowest BCUT2D eigenvalue weighted by Crippen LogP contribution is -2.26. The normalized spacial score (nSPS) is 10.4. The summed E-state index contributed by atoms with van der Waals surface area (Å²) in [5.41, 5.74) is 0.731. The lowest BCUT2D eigenvalue weighted by Gasteiger charge is -2.12. The van der Waals surface area contributed by atoms with Crippen LogP contribution in [0, 0.1) is 0 Å². The first-order valence-corrected chi connectivity index (χ1v) is 6.31. The van der Waals surface area contributed by atoms with Crippen molar-refractivity contribution in [2.75, 3.05) is 27.3 Å². The molecule has 0 radical (unpaired) electrons. The predicted molar refractivity (Wildman–Crippen MR) is 66.4 cm³/mol. The molecule has 6 nitrogen and oxygen atoms in total. The van der Waals surface area contributed by atoms with E-state index in [1.54, 1.807) is 24.3 Å². The van der Waals surface area contributed by atoms with Crippen LogP contribution in [0.4, 0.5) is 0 Å². The van der Waals surface area contributed by atoms with Crippen molar-refractivity contribution < 1.29 is 19.1 Å². The average molecular weight is 272 g/mol. The molecule has 0 saturated heterocycles. The molecule has 7 heteroatoms. The van der Waals surface area contributed by atoms with E-state index in [1.807, 2.05) is 0 Å². The minimum Gasteiger partial charge on any atom is -0.468 e. The molecule has 0 N–H and O–H groups in total. The minimum absolute atomic E-state index is 0.183. The lowest BCUT2D eigenvalue weighted by molar-refractivity contribution is -0.141. The third-order valence-electron chi connectivity index (χ3n) is 2.06. The van der Waals surface area contributed by atoms with E-state index in [9.17, 15) is 9.59 Å². The van der Waals surface area contributed by atoms with Crippen molar-refractivity contribution in [2.24, 2.45) is 0 Å². The minimum atomic E-state index is -0.413. The Bertz CT molecular complexity index is 419. The zero-order valence-corrected chi connectivity index (χ0v) is 11.5. The average Bonchev–Trinajstić information content (AvgIpc) is 2.77. The van der Waals surface area contributed by atoms with Crippen LogP contribution in [0.25, 0.3) is 0 Å². The van der Waals surface area contributed by atoms with Gasteiger partial charge in [-0.2, -0.15) is 0 Å². The quantitative estimate of drug-likeness (QED) is 0.717. The van der Waals surface area contributed by atoms with Gasteiger partial charge >= 0.3 is 11.9 Å². The summed E-state index contributed by atoms with van der Waals surface area (Å²) in [7, 11) is 3.12. The number of aromatic nitrogens is 1. The first-order chi connectivity index (χ1) is 8.56. The van der Waals surface area contributed by atoms with Crippen molar-refractivity contribution in [2.45, 2.75) is 13.5 Å². The molecule has 0 spiro atoms. The molecule has 0 amide bonds. The number of carbonyl (C=O) groups excluding carboxylic acids is 2. The van der Waals surface area contributed by atoms with E-state index in [1.165, 1.54) is 18.4 Å². The Hall–Kier alpha value is -1.47. The molecule has 100 valence electrons. The molecule has 0 aliphatic carbocycles. The largest absolute Gasteiger partial charge is 0.468 e. The molecule has 18 heavy (non-hydrogen) atoms. The summed E-state index contributed by atoms with van der Waals surface area (Å²) in [5, 5.41) is 2.11. The van der Waals surface area contributed by atoms with Gasteiger partial charge in [-0.3, -0.25) is 9.69 Å². The van der Waals surface area contributed by atoms with E-state index in [-0.39, 0.29) is 12.5 Å². The molecule has 0 aliphatic rings. The van der Waals surface area contributed by atoms with E-state index in [0.29, 0.717) is 18.2 Å². The predicted octanol–water partition coefficient (Wildman–Crippen LogP) is 0.925. The molecule has 0 fully saturated rings. The number of hydrogen-bond acceptors (Lipinski definition) is 7. The van der Waals surface area contributed by atoms with Crippen LogP contribution in [0.1, 0.15) is 22.4 Å². The standard InChI is InChI=1S/C11H16N2O4S/c1-4-17-11(15)10-12-8(7-18-10)5-13(2)6-9(14)16-3/h7H,4-6H2,1-3H3. The number of nitrogens with zero attached hydrogens (tertiary/aromatic N) is 2. The Labute approximate surface area is 110 Å².